The van der Waals surface area contributed by atoms with E-state index in [2.05, 4.69) is 10.5 Å². The van der Waals surface area contributed by atoms with Crippen LogP contribution in [0.15, 0.2) is 35.5 Å². The molecule has 3 aliphatic rings. The molecule has 32 heavy (non-hydrogen) atoms. The van der Waals surface area contributed by atoms with E-state index in [1.807, 2.05) is 49.1 Å². The molecule has 1 aliphatic carbocycles. The lowest BCUT2D eigenvalue weighted by atomic mass is 9.72. The van der Waals surface area contributed by atoms with Gasteiger partial charge in [-0.05, 0) is 31.2 Å². The van der Waals surface area contributed by atoms with E-state index in [4.69, 9.17) is 4.84 Å². The molecule has 1 saturated heterocycles. The normalized spacial score (nSPS) is 23.5. The monoisotopic (exact) mass is 439 g/mol. The number of amides is 2. The van der Waals surface area contributed by atoms with Crippen molar-refractivity contribution >= 4 is 17.5 Å². The number of rotatable bonds is 6. The molecule has 0 bridgehead atoms. The van der Waals surface area contributed by atoms with Gasteiger partial charge in [0.05, 0.1) is 11.1 Å². The summed E-state index contributed by atoms with van der Waals surface area (Å²) >= 11 is 0. The predicted molar refractivity (Wildman–Crippen MR) is 125 cm³/mol. The van der Waals surface area contributed by atoms with E-state index in [1.54, 1.807) is 0 Å². The summed E-state index contributed by atoms with van der Waals surface area (Å²) in [7, 11) is 0. The van der Waals surface area contributed by atoms with Crippen LogP contribution in [0, 0.1) is 11.3 Å². The van der Waals surface area contributed by atoms with E-state index >= 15 is 0 Å². The van der Waals surface area contributed by atoms with Gasteiger partial charge in [-0.25, -0.2) is 0 Å². The summed E-state index contributed by atoms with van der Waals surface area (Å²) in [6, 6.07) is 10.4. The van der Waals surface area contributed by atoms with Crippen molar-refractivity contribution in [2.24, 2.45) is 16.5 Å². The van der Waals surface area contributed by atoms with Crippen LogP contribution in [0.3, 0.4) is 0 Å². The molecular formula is C26H37N3O3. The van der Waals surface area contributed by atoms with Crippen molar-refractivity contribution < 1.29 is 14.4 Å². The number of benzene rings is 1. The second kappa shape index (κ2) is 10.1. The second-order valence-electron chi connectivity index (χ2n) is 10.1. The van der Waals surface area contributed by atoms with Gasteiger partial charge in [0.15, 0.2) is 0 Å². The van der Waals surface area contributed by atoms with E-state index < -0.39 is 5.41 Å². The number of carbonyl (C=O) groups is 2. The number of oxime groups is 1. The van der Waals surface area contributed by atoms with Gasteiger partial charge in [-0.15, -0.1) is 0 Å². The fourth-order valence-corrected chi connectivity index (χ4v) is 5.40. The second-order valence-corrected chi connectivity index (χ2v) is 10.1. The third-order valence-electron chi connectivity index (χ3n) is 7.41. The van der Waals surface area contributed by atoms with Gasteiger partial charge in [0.1, 0.15) is 6.10 Å². The summed E-state index contributed by atoms with van der Waals surface area (Å²) in [5.41, 5.74) is 1.52. The molecule has 1 N–H and O–H groups in total. The minimum absolute atomic E-state index is 0.0152. The van der Waals surface area contributed by atoms with Gasteiger partial charge in [0.2, 0.25) is 11.8 Å². The van der Waals surface area contributed by atoms with Crippen molar-refractivity contribution in [3.8, 4) is 0 Å². The van der Waals surface area contributed by atoms with E-state index in [-0.39, 0.29) is 29.9 Å². The molecule has 0 radical (unpaired) electrons. The summed E-state index contributed by atoms with van der Waals surface area (Å²) in [5, 5.41) is 7.72. The Hall–Kier alpha value is -2.37. The fraction of sp³-hybridized carbons (Fsp3) is 0.654. The molecule has 1 aromatic carbocycles. The first-order chi connectivity index (χ1) is 15.5. The molecule has 2 aliphatic heterocycles. The van der Waals surface area contributed by atoms with Crippen LogP contribution in [0.25, 0.3) is 0 Å². The van der Waals surface area contributed by atoms with Crippen LogP contribution in [-0.2, 0) is 14.4 Å². The maximum Gasteiger partial charge on any atom is 0.226 e. The van der Waals surface area contributed by atoms with Crippen molar-refractivity contribution in [1.82, 2.24) is 10.2 Å². The maximum atomic E-state index is 13.6. The number of likely N-dealkylation sites (tertiary alicyclic amines) is 1. The third-order valence-corrected chi connectivity index (χ3v) is 7.41. The zero-order valence-corrected chi connectivity index (χ0v) is 19.5. The summed E-state index contributed by atoms with van der Waals surface area (Å²) < 4.78 is 0. The van der Waals surface area contributed by atoms with E-state index in [0.29, 0.717) is 32.4 Å². The predicted octanol–water partition coefficient (Wildman–Crippen LogP) is 4.28. The lowest BCUT2D eigenvalue weighted by Crippen LogP contribution is -2.53. The Balaban J connectivity index is 1.44. The molecule has 0 spiro atoms. The van der Waals surface area contributed by atoms with Crippen molar-refractivity contribution in [2.45, 2.75) is 83.8 Å². The summed E-state index contributed by atoms with van der Waals surface area (Å²) in [5.74, 6) is 0.314. The van der Waals surface area contributed by atoms with Crippen LogP contribution >= 0.6 is 0 Å². The highest BCUT2D eigenvalue weighted by atomic mass is 16.6. The minimum atomic E-state index is -0.502. The lowest BCUT2D eigenvalue weighted by Gasteiger charge is -2.42. The molecule has 1 atom stereocenters. The molecule has 2 fully saturated rings. The largest absolute Gasteiger partial charge is 0.392 e. The zero-order chi connectivity index (χ0) is 22.6. The van der Waals surface area contributed by atoms with Crippen molar-refractivity contribution in [1.29, 1.82) is 0 Å². The molecule has 2 heterocycles. The van der Waals surface area contributed by atoms with Crippen molar-refractivity contribution in [3.63, 3.8) is 0 Å². The van der Waals surface area contributed by atoms with Gasteiger partial charge in [-0.1, -0.05) is 68.6 Å². The zero-order valence-electron chi connectivity index (χ0n) is 19.5. The van der Waals surface area contributed by atoms with Gasteiger partial charge in [0, 0.05) is 37.9 Å². The number of hydrogen-bond acceptors (Lipinski definition) is 4. The van der Waals surface area contributed by atoms with Crippen LogP contribution in [0.2, 0.25) is 0 Å². The smallest absolute Gasteiger partial charge is 0.226 e. The number of nitrogens with zero attached hydrogens (tertiary/aromatic N) is 2. The molecule has 0 unspecified atom stereocenters. The van der Waals surface area contributed by atoms with E-state index in [9.17, 15) is 9.59 Å². The number of carbonyl (C=O) groups excluding carboxylic acids is 2. The van der Waals surface area contributed by atoms with Crippen LogP contribution in [0.5, 0.6) is 0 Å². The third kappa shape index (κ3) is 5.16. The first kappa shape index (κ1) is 22.8. The first-order valence-corrected chi connectivity index (χ1v) is 12.3. The van der Waals surface area contributed by atoms with Gasteiger partial charge >= 0.3 is 0 Å². The Morgan fingerprint density at radius 3 is 2.47 bits per heavy atom. The van der Waals surface area contributed by atoms with Gasteiger partial charge < -0.3 is 15.1 Å². The summed E-state index contributed by atoms with van der Waals surface area (Å²) in [4.78, 5) is 33.9. The van der Waals surface area contributed by atoms with Gasteiger partial charge in [0.25, 0.3) is 0 Å². The highest BCUT2D eigenvalue weighted by Gasteiger charge is 2.46. The Morgan fingerprint density at radius 2 is 1.81 bits per heavy atom. The lowest BCUT2D eigenvalue weighted by molar-refractivity contribution is -0.145. The SMILES string of the molecule is CC(C)C(=O)N1CCC(C[C@H]2CC(c3ccccc3)=NO2)(C(=O)NC2CCCCC2)CC1. The number of hydrogen-bond donors (Lipinski definition) is 1. The molecule has 0 aromatic heterocycles. The molecule has 1 aromatic rings. The highest BCUT2D eigenvalue weighted by Crippen LogP contribution is 2.40. The van der Waals surface area contributed by atoms with Crippen LogP contribution in [-0.4, -0.2) is 47.7 Å². The van der Waals surface area contributed by atoms with Crippen molar-refractivity contribution in [2.75, 3.05) is 13.1 Å². The molecule has 1 saturated carbocycles. The average molecular weight is 440 g/mol. The standard InChI is InChI=1S/C26H37N3O3/c1-19(2)24(30)29-15-13-26(14-16-29,25(31)27-21-11-7-4-8-12-21)18-22-17-23(28-32-22)20-9-5-3-6-10-20/h3,5-6,9-10,19,21-22H,4,7-8,11-18H2,1-2H3,(H,27,31)/t22-/m1/s1. The van der Waals surface area contributed by atoms with Gasteiger partial charge in [-0.3, -0.25) is 9.59 Å². The first-order valence-electron chi connectivity index (χ1n) is 12.3. The van der Waals surface area contributed by atoms with Crippen LogP contribution in [0.4, 0.5) is 0 Å². The average Bonchev–Trinajstić information content (AvgIpc) is 3.28. The molecule has 2 amide bonds. The Bertz CT molecular complexity index is 822. The summed E-state index contributed by atoms with van der Waals surface area (Å²) in [6.07, 6.45) is 8.42. The number of nitrogens with one attached hydrogen (secondary N) is 1. The summed E-state index contributed by atoms with van der Waals surface area (Å²) in [6.45, 7) is 5.14. The maximum absolute atomic E-state index is 13.6. The number of piperidine rings is 1. The molecule has 6 nitrogen and oxygen atoms in total. The molecule has 174 valence electrons. The fourth-order valence-electron chi connectivity index (χ4n) is 5.40. The van der Waals surface area contributed by atoms with Crippen LogP contribution < -0.4 is 5.32 Å². The molecular weight excluding hydrogens is 402 g/mol. The van der Waals surface area contributed by atoms with Crippen molar-refractivity contribution in [3.05, 3.63) is 35.9 Å². The minimum Gasteiger partial charge on any atom is -0.392 e. The molecule has 6 heteroatoms. The molecule has 4 rings (SSSR count). The Labute approximate surface area is 191 Å². The Kier molecular flexibility index (Phi) is 7.17. The van der Waals surface area contributed by atoms with E-state index in [0.717, 1.165) is 30.5 Å². The van der Waals surface area contributed by atoms with E-state index in [1.165, 1.54) is 19.3 Å². The van der Waals surface area contributed by atoms with Gasteiger partial charge in [-0.2, -0.15) is 0 Å². The topological polar surface area (TPSA) is 71.0 Å². The van der Waals surface area contributed by atoms with Crippen LogP contribution in [0.1, 0.15) is 77.2 Å². The Morgan fingerprint density at radius 1 is 1.12 bits per heavy atom. The highest BCUT2D eigenvalue weighted by molar-refractivity contribution is 6.01. The quantitative estimate of drug-likeness (QED) is 0.719.